The van der Waals surface area contributed by atoms with Crippen molar-refractivity contribution in [2.24, 2.45) is 5.92 Å². The van der Waals surface area contributed by atoms with Crippen molar-refractivity contribution in [3.8, 4) is 0 Å². The monoisotopic (exact) mass is 376 g/mol. The van der Waals surface area contributed by atoms with Gasteiger partial charge in [-0.15, -0.1) is 5.10 Å². The number of imidazole rings is 1. The number of H-pyrrole nitrogens is 1. The SMILES string of the molecule is CC(C)[C@@H](NC(=O)Cn1nnc2ccccc2c1=O)c1nc2ccccc2[nH]1. The summed E-state index contributed by atoms with van der Waals surface area (Å²) in [5.74, 6) is 0.455. The first-order chi connectivity index (χ1) is 13.5. The van der Waals surface area contributed by atoms with Crippen LogP contribution in [0.4, 0.5) is 0 Å². The van der Waals surface area contributed by atoms with Gasteiger partial charge in [-0.1, -0.05) is 43.3 Å². The van der Waals surface area contributed by atoms with Crippen molar-refractivity contribution in [1.82, 2.24) is 30.3 Å². The van der Waals surface area contributed by atoms with E-state index in [0.29, 0.717) is 16.7 Å². The Labute approximate surface area is 160 Å². The van der Waals surface area contributed by atoms with E-state index in [2.05, 4.69) is 25.6 Å². The van der Waals surface area contributed by atoms with Crippen molar-refractivity contribution < 1.29 is 4.79 Å². The highest BCUT2D eigenvalue weighted by atomic mass is 16.2. The number of nitrogens with one attached hydrogen (secondary N) is 2. The molecule has 2 N–H and O–H groups in total. The molecule has 0 unspecified atom stereocenters. The third-order valence-electron chi connectivity index (χ3n) is 4.61. The number of aromatic nitrogens is 5. The van der Waals surface area contributed by atoms with Gasteiger partial charge in [0.15, 0.2) is 0 Å². The van der Waals surface area contributed by atoms with Crippen molar-refractivity contribution in [1.29, 1.82) is 0 Å². The third-order valence-corrected chi connectivity index (χ3v) is 4.61. The fraction of sp³-hybridized carbons (Fsp3) is 0.250. The molecule has 0 saturated heterocycles. The zero-order valence-corrected chi connectivity index (χ0v) is 15.6. The lowest BCUT2D eigenvalue weighted by molar-refractivity contribution is -0.123. The molecule has 142 valence electrons. The Hall–Kier alpha value is -3.55. The lowest BCUT2D eigenvalue weighted by Crippen LogP contribution is -2.38. The van der Waals surface area contributed by atoms with Gasteiger partial charge in [-0.05, 0) is 30.2 Å². The van der Waals surface area contributed by atoms with Crippen LogP contribution in [0.1, 0.15) is 25.7 Å². The van der Waals surface area contributed by atoms with Crippen molar-refractivity contribution in [3.63, 3.8) is 0 Å². The lowest BCUT2D eigenvalue weighted by Gasteiger charge is -2.20. The number of amides is 1. The van der Waals surface area contributed by atoms with E-state index in [1.807, 2.05) is 38.1 Å². The van der Waals surface area contributed by atoms with Crippen molar-refractivity contribution in [2.45, 2.75) is 26.4 Å². The van der Waals surface area contributed by atoms with Crippen LogP contribution in [0, 0.1) is 5.92 Å². The first-order valence-corrected chi connectivity index (χ1v) is 9.09. The van der Waals surface area contributed by atoms with Crippen LogP contribution in [0.15, 0.2) is 53.3 Å². The average Bonchev–Trinajstić information content (AvgIpc) is 3.12. The van der Waals surface area contributed by atoms with E-state index in [0.717, 1.165) is 15.7 Å². The molecule has 2 aromatic carbocycles. The molecule has 0 aliphatic heterocycles. The first-order valence-electron chi connectivity index (χ1n) is 9.09. The summed E-state index contributed by atoms with van der Waals surface area (Å²) in [5.41, 5.74) is 1.92. The predicted octanol–water partition coefficient (Wildman–Crippen LogP) is 2.18. The third kappa shape index (κ3) is 3.36. The van der Waals surface area contributed by atoms with Gasteiger partial charge in [0.1, 0.15) is 17.9 Å². The molecule has 8 nitrogen and oxygen atoms in total. The Balaban J connectivity index is 1.57. The number of aromatic amines is 1. The zero-order valence-electron chi connectivity index (χ0n) is 15.6. The summed E-state index contributed by atoms with van der Waals surface area (Å²) in [6.45, 7) is 3.79. The molecule has 2 aromatic heterocycles. The minimum atomic E-state index is -0.342. The van der Waals surface area contributed by atoms with Crippen LogP contribution in [-0.4, -0.2) is 30.9 Å². The Bertz CT molecular complexity index is 1180. The Morgan fingerprint density at radius 3 is 2.57 bits per heavy atom. The quantitative estimate of drug-likeness (QED) is 0.555. The standard InChI is InChI=1S/C20H20N6O2/c1-12(2)18(19-21-15-9-5-6-10-16(15)22-19)23-17(27)11-26-20(28)13-7-3-4-8-14(13)24-25-26/h3-10,12,18H,11H2,1-2H3,(H,21,22)(H,23,27)/t18-/m1/s1. The Morgan fingerprint density at radius 2 is 1.82 bits per heavy atom. The molecule has 0 saturated carbocycles. The molecule has 28 heavy (non-hydrogen) atoms. The van der Waals surface area contributed by atoms with Gasteiger partial charge in [-0.2, -0.15) is 0 Å². The molecular formula is C20H20N6O2. The lowest BCUT2D eigenvalue weighted by atomic mass is 10.0. The second-order valence-corrected chi connectivity index (χ2v) is 7.00. The summed E-state index contributed by atoms with van der Waals surface area (Å²) >= 11 is 0. The van der Waals surface area contributed by atoms with Crippen LogP contribution in [0.5, 0.6) is 0 Å². The minimum absolute atomic E-state index is 0.101. The molecule has 1 atom stereocenters. The fourth-order valence-electron chi connectivity index (χ4n) is 3.15. The van der Waals surface area contributed by atoms with E-state index in [1.54, 1.807) is 24.3 Å². The van der Waals surface area contributed by atoms with Gasteiger partial charge in [0, 0.05) is 0 Å². The van der Waals surface area contributed by atoms with Crippen molar-refractivity contribution in [2.75, 3.05) is 0 Å². The zero-order chi connectivity index (χ0) is 19.7. The normalized spacial score (nSPS) is 12.5. The second-order valence-electron chi connectivity index (χ2n) is 7.00. The summed E-state index contributed by atoms with van der Waals surface area (Å²) in [7, 11) is 0. The molecule has 8 heteroatoms. The van der Waals surface area contributed by atoms with E-state index in [1.165, 1.54) is 0 Å². The van der Waals surface area contributed by atoms with Crippen LogP contribution < -0.4 is 10.9 Å². The molecular weight excluding hydrogens is 356 g/mol. The topological polar surface area (TPSA) is 106 Å². The summed E-state index contributed by atoms with van der Waals surface area (Å²) in [4.78, 5) is 33.0. The molecule has 0 aliphatic carbocycles. The van der Waals surface area contributed by atoms with Gasteiger partial charge in [0.25, 0.3) is 5.56 Å². The Morgan fingerprint density at radius 1 is 1.11 bits per heavy atom. The number of rotatable bonds is 5. The van der Waals surface area contributed by atoms with Crippen molar-refractivity contribution in [3.05, 3.63) is 64.7 Å². The summed E-state index contributed by atoms with van der Waals surface area (Å²) in [6.07, 6.45) is 0. The first kappa shape index (κ1) is 17.8. The summed E-state index contributed by atoms with van der Waals surface area (Å²) < 4.78 is 1.08. The largest absolute Gasteiger partial charge is 0.344 e. The van der Waals surface area contributed by atoms with Gasteiger partial charge in [0.2, 0.25) is 5.91 Å². The number of benzene rings is 2. The highest BCUT2D eigenvalue weighted by Gasteiger charge is 2.22. The summed E-state index contributed by atoms with van der Waals surface area (Å²) in [6, 6.07) is 14.3. The highest BCUT2D eigenvalue weighted by Crippen LogP contribution is 2.22. The van der Waals surface area contributed by atoms with Crippen LogP contribution in [0.2, 0.25) is 0 Å². The number of carbonyl (C=O) groups excluding carboxylic acids is 1. The van der Waals surface area contributed by atoms with Crippen LogP contribution >= 0.6 is 0 Å². The number of carbonyl (C=O) groups is 1. The van der Waals surface area contributed by atoms with Gasteiger partial charge in [-0.3, -0.25) is 9.59 Å². The molecule has 0 radical (unpaired) electrons. The molecule has 1 amide bonds. The molecule has 0 aliphatic rings. The molecule has 0 spiro atoms. The van der Waals surface area contributed by atoms with E-state index in [-0.39, 0.29) is 30.0 Å². The number of para-hydroxylation sites is 2. The van der Waals surface area contributed by atoms with Crippen LogP contribution in [0.25, 0.3) is 21.9 Å². The molecule has 0 fully saturated rings. The van der Waals surface area contributed by atoms with E-state index in [4.69, 9.17) is 0 Å². The fourth-order valence-corrected chi connectivity index (χ4v) is 3.15. The second kappa shape index (κ2) is 7.22. The van der Waals surface area contributed by atoms with E-state index in [9.17, 15) is 9.59 Å². The van der Waals surface area contributed by atoms with Crippen LogP contribution in [0.3, 0.4) is 0 Å². The predicted molar refractivity (Wildman–Crippen MR) is 106 cm³/mol. The van der Waals surface area contributed by atoms with E-state index >= 15 is 0 Å². The average molecular weight is 376 g/mol. The van der Waals surface area contributed by atoms with Gasteiger partial charge < -0.3 is 10.3 Å². The smallest absolute Gasteiger partial charge is 0.278 e. The summed E-state index contributed by atoms with van der Waals surface area (Å²) in [5, 5.41) is 11.3. The maximum Gasteiger partial charge on any atom is 0.278 e. The molecule has 2 heterocycles. The van der Waals surface area contributed by atoms with Gasteiger partial charge in [0.05, 0.1) is 22.5 Å². The molecule has 4 rings (SSSR count). The van der Waals surface area contributed by atoms with Gasteiger partial charge >= 0.3 is 0 Å². The van der Waals surface area contributed by atoms with Crippen molar-refractivity contribution >= 4 is 27.8 Å². The number of hydrogen-bond donors (Lipinski definition) is 2. The number of fused-ring (bicyclic) bond motifs is 2. The van der Waals surface area contributed by atoms with Crippen LogP contribution in [-0.2, 0) is 11.3 Å². The molecule has 4 aromatic rings. The minimum Gasteiger partial charge on any atom is -0.344 e. The highest BCUT2D eigenvalue weighted by molar-refractivity contribution is 5.79. The van der Waals surface area contributed by atoms with E-state index < -0.39 is 0 Å². The maximum absolute atomic E-state index is 12.6. The maximum atomic E-state index is 12.6. The number of hydrogen-bond acceptors (Lipinski definition) is 5. The van der Waals surface area contributed by atoms with Gasteiger partial charge in [-0.25, -0.2) is 9.67 Å². The Kier molecular flexibility index (Phi) is 4.60. The molecule has 0 bridgehead atoms. The number of nitrogens with zero attached hydrogens (tertiary/aromatic N) is 4.